The number of morpholine rings is 1. The number of amides is 1. The fourth-order valence-electron chi connectivity index (χ4n) is 3.81. The van der Waals surface area contributed by atoms with Crippen LogP contribution in [-0.2, 0) is 16.0 Å². The summed E-state index contributed by atoms with van der Waals surface area (Å²) in [6, 6.07) is 11.0. The molecule has 2 aliphatic heterocycles. The highest BCUT2D eigenvalue weighted by atomic mass is 16.5. The number of guanidine groups is 1. The number of rotatable bonds is 5. The van der Waals surface area contributed by atoms with Gasteiger partial charge in [-0.2, -0.15) is 0 Å². The molecule has 0 bridgehead atoms. The van der Waals surface area contributed by atoms with E-state index in [4.69, 9.17) is 13.9 Å². The van der Waals surface area contributed by atoms with Crippen LogP contribution in [0.1, 0.15) is 29.0 Å². The number of carbonyl (C=O) groups is 1. The van der Waals surface area contributed by atoms with Gasteiger partial charge in [-0.3, -0.25) is 9.79 Å². The number of anilines is 1. The van der Waals surface area contributed by atoms with Gasteiger partial charge in [0.1, 0.15) is 6.10 Å². The predicted molar refractivity (Wildman–Crippen MR) is 114 cm³/mol. The van der Waals surface area contributed by atoms with Crippen LogP contribution in [0.25, 0.3) is 0 Å². The molecule has 160 valence electrons. The molecule has 2 saturated heterocycles. The maximum Gasteiger partial charge on any atom is 0.291 e. The van der Waals surface area contributed by atoms with E-state index >= 15 is 0 Å². The Bertz CT molecular complexity index is 845. The number of nitrogens with zero attached hydrogens (tertiary/aromatic N) is 2. The molecule has 1 aromatic heterocycles. The average Bonchev–Trinajstić information content (AvgIpc) is 3.50. The fourth-order valence-corrected chi connectivity index (χ4v) is 3.81. The summed E-state index contributed by atoms with van der Waals surface area (Å²) in [7, 11) is 1.80. The van der Waals surface area contributed by atoms with E-state index in [0.29, 0.717) is 13.2 Å². The number of hydrogen-bond donors (Lipinski definition) is 2. The van der Waals surface area contributed by atoms with Gasteiger partial charge in [-0.1, -0.05) is 12.1 Å². The minimum absolute atomic E-state index is 0.0943. The first-order valence-corrected chi connectivity index (χ1v) is 10.4. The molecule has 0 spiro atoms. The van der Waals surface area contributed by atoms with Crippen LogP contribution >= 0.6 is 0 Å². The molecule has 4 rings (SSSR count). The van der Waals surface area contributed by atoms with E-state index in [1.807, 2.05) is 24.3 Å². The Kier molecular flexibility index (Phi) is 6.66. The van der Waals surface area contributed by atoms with Gasteiger partial charge in [-0.25, -0.2) is 0 Å². The van der Waals surface area contributed by atoms with E-state index in [1.54, 1.807) is 19.2 Å². The molecule has 2 fully saturated rings. The van der Waals surface area contributed by atoms with Crippen LogP contribution in [0.4, 0.5) is 5.69 Å². The topological polar surface area (TPSA) is 88.3 Å². The molecule has 8 nitrogen and oxygen atoms in total. The predicted octanol–water partition coefficient (Wildman–Crippen LogP) is 2.49. The highest BCUT2D eigenvalue weighted by molar-refractivity contribution is 6.02. The van der Waals surface area contributed by atoms with Gasteiger partial charge in [0, 0.05) is 39.0 Å². The van der Waals surface area contributed by atoms with E-state index < -0.39 is 0 Å². The van der Waals surface area contributed by atoms with Crippen LogP contribution < -0.4 is 10.6 Å². The average molecular weight is 412 g/mol. The van der Waals surface area contributed by atoms with Gasteiger partial charge >= 0.3 is 0 Å². The van der Waals surface area contributed by atoms with Gasteiger partial charge in [0.15, 0.2) is 11.7 Å². The Morgan fingerprint density at radius 3 is 2.70 bits per heavy atom. The Balaban J connectivity index is 1.29. The summed E-state index contributed by atoms with van der Waals surface area (Å²) < 4.78 is 16.8. The molecular formula is C22H28N4O4. The van der Waals surface area contributed by atoms with Crippen molar-refractivity contribution in [1.29, 1.82) is 0 Å². The standard InChI is InChI=1S/C22H28N4O4/c1-23-22(26-10-13-30-20(15-26)18-4-2-11-28-18)24-14-16-6-8-17(9-7-16)25-21(27)19-5-3-12-29-19/h3,5-9,12,18,20H,2,4,10-11,13-15H2,1H3,(H,23,24)(H,25,27). The zero-order valence-electron chi connectivity index (χ0n) is 17.2. The smallest absolute Gasteiger partial charge is 0.291 e. The molecule has 3 heterocycles. The van der Waals surface area contributed by atoms with Crippen molar-refractivity contribution in [3.8, 4) is 0 Å². The first-order valence-electron chi connectivity index (χ1n) is 10.4. The summed E-state index contributed by atoms with van der Waals surface area (Å²) in [5.74, 6) is 0.882. The van der Waals surface area contributed by atoms with Crippen molar-refractivity contribution < 1.29 is 18.7 Å². The van der Waals surface area contributed by atoms with Crippen molar-refractivity contribution in [3.63, 3.8) is 0 Å². The van der Waals surface area contributed by atoms with E-state index in [-0.39, 0.29) is 23.9 Å². The van der Waals surface area contributed by atoms with Crippen molar-refractivity contribution in [1.82, 2.24) is 10.2 Å². The van der Waals surface area contributed by atoms with Crippen LogP contribution in [0.5, 0.6) is 0 Å². The Hall–Kier alpha value is -2.84. The van der Waals surface area contributed by atoms with Crippen LogP contribution in [0.2, 0.25) is 0 Å². The molecule has 2 aromatic rings. The van der Waals surface area contributed by atoms with E-state index in [2.05, 4.69) is 20.5 Å². The maximum atomic E-state index is 12.1. The van der Waals surface area contributed by atoms with Crippen molar-refractivity contribution in [2.45, 2.75) is 31.6 Å². The molecule has 2 N–H and O–H groups in total. The molecule has 30 heavy (non-hydrogen) atoms. The van der Waals surface area contributed by atoms with E-state index in [1.165, 1.54) is 6.26 Å². The van der Waals surface area contributed by atoms with Gasteiger partial charge in [0.25, 0.3) is 5.91 Å². The molecule has 1 aromatic carbocycles. The van der Waals surface area contributed by atoms with Gasteiger partial charge in [-0.05, 0) is 42.7 Å². The first kappa shape index (κ1) is 20.4. The molecule has 2 unspecified atom stereocenters. The molecule has 0 radical (unpaired) electrons. The zero-order chi connectivity index (χ0) is 20.8. The number of aliphatic imine (C=N–C) groups is 1. The largest absolute Gasteiger partial charge is 0.459 e. The van der Waals surface area contributed by atoms with Crippen molar-refractivity contribution in [2.24, 2.45) is 4.99 Å². The lowest BCUT2D eigenvalue weighted by Gasteiger charge is -2.37. The third-order valence-electron chi connectivity index (χ3n) is 5.39. The number of benzene rings is 1. The van der Waals surface area contributed by atoms with Gasteiger partial charge < -0.3 is 29.4 Å². The minimum atomic E-state index is -0.264. The lowest BCUT2D eigenvalue weighted by atomic mass is 10.1. The lowest BCUT2D eigenvalue weighted by molar-refractivity contribution is -0.0817. The van der Waals surface area contributed by atoms with E-state index in [0.717, 1.165) is 49.7 Å². The summed E-state index contributed by atoms with van der Waals surface area (Å²) in [6.45, 7) is 3.73. The van der Waals surface area contributed by atoms with E-state index in [9.17, 15) is 4.79 Å². The van der Waals surface area contributed by atoms with Crippen LogP contribution in [-0.4, -0.2) is 62.3 Å². The van der Waals surface area contributed by atoms with Crippen molar-refractivity contribution in [2.75, 3.05) is 38.7 Å². The number of hydrogen-bond acceptors (Lipinski definition) is 5. The second-order valence-electron chi connectivity index (χ2n) is 7.44. The summed E-state index contributed by atoms with van der Waals surface area (Å²) in [6.07, 6.45) is 3.93. The third kappa shape index (κ3) is 5.01. The second-order valence-corrected chi connectivity index (χ2v) is 7.44. The molecule has 0 saturated carbocycles. The highest BCUT2D eigenvalue weighted by Gasteiger charge is 2.32. The fraction of sp³-hybridized carbons (Fsp3) is 0.455. The lowest BCUT2D eigenvalue weighted by Crippen LogP contribution is -2.53. The summed E-state index contributed by atoms with van der Waals surface area (Å²) >= 11 is 0. The van der Waals surface area contributed by atoms with Crippen LogP contribution in [0.15, 0.2) is 52.1 Å². The van der Waals surface area contributed by atoms with Crippen LogP contribution in [0, 0.1) is 0 Å². The molecule has 0 aliphatic carbocycles. The normalized spacial score (nSPS) is 22.2. The Labute approximate surface area is 176 Å². The number of furan rings is 1. The van der Waals surface area contributed by atoms with Crippen molar-refractivity contribution in [3.05, 3.63) is 54.0 Å². The molecule has 1 amide bonds. The summed E-state index contributed by atoms with van der Waals surface area (Å²) in [4.78, 5) is 18.7. The van der Waals surface area contributed by atoms with Gasteiger partial charge in [-0.15, -0.1) is 0 Å². The molecule has 8 heteroatoms. The maximum absolute atomic E-state index is 12.1. The summed E-state index contributed by atoms with van der Waals surface area (Å²) in [5.41, 5.74) is 1.81. The third-order valence-corrected chi connectivity index (χ3v) is 5.39. The Morgan fingerprint density at radius 1 is 1.17 bits per heavy atom. The van der Waals surface area contributed by atoms with Crippen LogP contribution in [0.3, 0.4) is 0 Å². The molecular weight excluding hydrogens is 384 g/mol. The molecule has 2 aliphatic rings. The molecule has 2 atom stereocenters. The van der Waals surface area contributed by atoms with Crippen molar-refractivity contribution >= 4 is 17.6 Å². The minimum Gasteiger partial charge on any atom is -0.459 e. The Morgan fingerprint density at radius 2 is 2.00 bits per heavy atom. The number of carbonyl (C=O) groups excluding carboxylic acids is 1. The SMILES string of the molecule is CN=C(NCc1ccc(NC(=O)c2ccco2)cc1)N1CCOC(C2CCCO2)C1. The first-order chi connectivity index (χ1) is 14.7. The van der Waals surface area contributed by atoms with Gasteiger partial charge in [0.2, 0.25) is 0 Å². The summed E-state index contributed by atoms with van der Waals surface area (Å²) in [5, 5.41) is 6.25. The second kappa shape index (κ2) is 9.77. The number of nitrogens with one attached hydrogen (secondary N) is 2. The quantitative estimate of drug-likeness (QED) is 0.580. The van der Waals surface area contributed by atoms with Gasteiger partial charge in [0.05, 0.1) is 19.0 Å². The monoisotopic (exact) mass is 412 g/mol. The highest BCUT2D eigenvalue weighted by Crippen LogP contribution is 2.21. The zero-order valence-corrected chi connectivity index (χ0v) is 17.2. The number of ether oxygens (including phenoxy) is 2.